The van der Waals surface area contributed by atoms with Gasteiger partial charge >= 0.3 is 0 Å². The average molecular weight is 174 g/mol. The number of rotatable bonds is 1. The Balaban J connectivity index is 2.30. The minimum atomic E-state index is -0.871. The summed E-state index contributed by atoms with van der Waals surface area (Å²) in [5.41, 5.74) is -0.871. The van der Waals surface area contributed by atoms with Gasteiger partial charge in [-0.15, -0.1) is 0 Å². The van der Waals surface area contributed by atoms with Crippen molar-refractivity contribution in [3.63, 3.8) is 0 Å². The first-order valence-corrected chi connectivity index (χ1v) is 4.24. The molecule has 70 valence electrons. The van der Waals surface area contributed by atoms with E-state index in [4.69, 9.17) is 14.6 Å². The predicted octanol–water partition coefficient (Wildman–Crippen LogP) is -0.716. The minimum Gasteiger partial charge on any atom is -0.393 e. The highest BCUT2D eigenvalue weighted by molar-refractivity contribution is 5.10. The molecule has 4 nitrogen and oxygen atoms in total. The molecular formula is C8H14O4. The van der Waals surface area contributed by atoms with Gasteiger partial charge in [0.25, 0.3) is 0 Å². The SMILES string of the molecule is C[C@@H]1O[C@@]2(CO)[C@H](C)O[C@@H]1[C@@H]2O. The van der Waals surface area contributed by atoms with E-state index in [-0.39, 0.29) is 24.9 Å². The van der Waals surface area contributed by atoms with Crippen molar-refractivity contribution >= 4 is 0 Å². The van der Waals surface area contributed by atoms with E-state index < -0.39 is 11.7 Å². The highest BCUT2D eigenvalue weighted by atomic mass is 16.6. The number of hydrogen-bond donors (Lipinski definition) is 2. The van der Waals surface area contributed by atoms with Gasteiger partial charge in [-0.2, -0.15) is 0 Å². The van der Waals surface area contributed by atoms with Crippen molar-refractivity contribution in [2.75, 3.05) is 6.61 Å². The monoisotopic (exact) mass is 174 g/mol. The zero-order valence-corrected chi connectivity index (χ0v) is 7.23. The lowest BCUT2D eigenvalue weighted by molar-refractivity contribution is -0.189. The second-order valence-electron chi connectivity index (χ2n) is 3.62. The normalized spacial score (nSPS) is 58.0. The number of fused-ring (bicyclic) bond motifs is 2. The molecular weight excluding hydrogens is 160 g/mol. The van der Waals surface area contributed by atoms with Gasteiger partial charge < -0.3 is 19.7 Å². The molecule has 2 N–H and O–H groups in total. The highest BCUT2D eigenvalue weighted by Gasteiger charge is 2.63. The molecule has 2 aliphatic heterocycles. The van der Waals surface area contributed by atoms with Gasteiger partial charge in [0.2, 0.25) is 0 Å². The third-order valence-electron chi connectivity index (χ3n) is 2.98. The fourth-order valence-electron chi connectivity index (χ4n) is 2.15. The highest BCUT2D eigenvalue weighted by Crippen LogP contribution is 2.43. The van der Waals surface area contributed by atoms with Crippen molar-refractivity contribution in [2.45, 2.75) is 43.9 Å². The zero-order chi connectivity index (χ0) is 8.93. The van der Waals surface area contributed by atoms with Crippen LogP contribution in [-0.4, -0.2) is 46.8 Å². The van der Waals surface area contributed by atoms with E-state index in [1.165, 1.54) is 0 Å². The Morgan fingerprint density at radius 3 is 2.42 bits per heavy atom. The summed E-state index contributed by atoms with van der Waals surface area (Å²) in [6, 6.07) is 0. The third kappa shape index (κ3) is 0.758. The van der Waals surface area contributed by atoms with E-state index in [2.05, 4.69) is 0 Å². The molecule has 0 aromatic heterocycles. The van der Waals surface area contributed by atoms with E-state index in [0.29, 0.717) is 0 Å². The molecule has 2 heterocycles. The largest absolute Gasteiger partial charge is 0.393 e. The summed E-state index contributed by atoms with van der Waals surface area (Å²) in [4.78, 5) is 0. The molecule has 0 saturated carbocycles. The molecule has 0 aromatic rings. The first-order chi connectivity index (χ1) is 5.62. The topological polar surface area (TPSA) is 58.9 Å². The maximum atomic E-state index is 9.71. The lowest BCUT2D eigenvalue weighted by atomic mass is 9.94. The molecule has 2 rings (SSSR count). The van der Waals surface area contributed by atoms with Crippen molar-refractivity contribution in [3.05, 3.63) is 0 Å². The molecule has 2 aliphatic rings. The maximum Gasteiger partial charge on any atom is 0.146 e. The van der Waals surface area contributed by atoms with Crippen LogP contribution >= 0.6 is 0 Å². The lowest BCUT2D eigenvalue weighted by Crippen LogP contribution is -2.49. The summed E-state index contributed by atoms with van der Waals surface area (Å²) in [7, 11) is 0. The number of hydrogen-bond acceptors (Lipinski definition) is 4. The van der Waals surface area contributed by atoms with Crippen LogP contribution < -0.4 is 0 Å². The molecule has 0 spiro atoms. The molecule has 2 bridgehead atoms. The third-order valence-corrected chi connectivity index (χ3v) is 2.98. The van der Waals surface area contributed by atoms with Gasteiger partial charge in [-0.1, -0.05) is 0 Å². The summed E-state index contributed by atoms with van der Waals surface area (Å²) >= 11 is 0. The Labute approximate surface area is 71.1 Å². The molecule has 0 unspecified atom stereocenters. The van der Waals surface area contributed by atoms with Crippen LogP contribution in [0.1, 0.15) is 13.8 Å². The van der Waals surface area contributed by atoms with Crippen LogP contribution in [0.25, 0.3) is 0 Å². The molecule has 5 atom stereocenters. The summed E-state index contributed by atoms with van der Waals surface area (Å²) in [5, 5.41) is 18.8. The molecule has 0 aliphatic carbocycles. The molecule has 2 saturated heterocycles. The summed E-state index contributed by atoms with van der Waals surface area (Å²) in [6.45, 7) is 3.47. The second kappa shape index (κ2) is 2.42. The maximum absolute atomic E-state index is 9.71. The molecule has 0 aromatic carbocycles. The molecule has 0 amide bonds. The van der Waals surface area contributed by atoms with Gasteiger partial charge in [0.15, 0.2) is 0 Å². The van der Waals surface area contributed by atoms with Crippen molar-refractivity contribution in [2.24, 2.45) is 0 Å². The molecule has 4 heteroatoms. The van der Waals surface area contributed by atoms with Gasteiger partial charge in [0.05, 0.1) is 18.8 Å². The van der Waals surface area contributed by atoms with E-state index in [9.17, 15) is 5.11 Å². The number of aliphatic hydroxyl groups excluding tert-OH is 2. The van der Waals surface area contributed by atoms with Crippen LogP contribution in [0.5, 0.6) is 0 Å². The molecule has 12 heavy (non-hydrogen) atoms. The fraction of sp³-hybridized carbons (Fsp3) is 1.00. The first-order valence-electron chi connectivity index (χ1n) is 4.24. The van der Waals surface area contributed by atoms with Crippen molar-refractivity contribution < 1.29 is 19.7 Å². The van der Waals surface area contributed by atoms with E-state index >= 15 is 0 Å². The van der Waals surface area contributed by atoms with Gasteiger partial charge in [-0.25, -0.2) is 0 Å². The minimum absolute atomic E-state index is 0.122. The van der Waals surface area contributed by atoms with Crippen LogP contribution in [0.4, 0.5) is 0 Å². The Morgan fingerprint density at radius 1 is 1.42 bits per heavy atom. The summed E-state index contributed by atoms with van der Waals surface area (Å²) in [6.07, 6.45) is -1.30. The van der Waals surface area contributed by atoms with Gasteiger partial charge in [0.1, 0.15) is 17.8 Å². The van der Waals surface area contributed by atoms with Crippen LogP contribution in [-0.2, 0) is 9.47 Å². The summed E-state index contributed by atoms with van der Waals surface area (Å²) in [5.74, 6) is 0. The zero-order valence-electron chi connectivity index (χ0n) is 7.23. The van der Waals surface area contributed by atoms with Crippen LogP contribution in [0.2, 0.25) is 0 Å². The average Bonchev–Trinajstić information content (AvgIpc) is 2.41. The Morgan fingerprint density at radius 2 is 2.08 bits per heavy atom. The van der Waals surface area contributed by atoms with Gasteiger partial charge in [-0.05, 0) is 13.8 Å². The standard InChI is InChI=1S/C8H14O4/c1-4-6-7(10)8(3-9,12-4)5(2)11-6/h4-7,9-10H,3H2,1-2H3/t4-,5-,6-,7-,8-/m0/s1. The van der Waals surface area contributed by atoms with Crippen LogP contribution in [0.15, 0.2) is 0 Å². The van der Waals surface area contributed by atoms with Crippen molar-refractivity contribution in [1.82, 2.24) is 0 Å². The Kier molecular flexibility index (Phi) is 1.70. The van der Waals surface area contributed by atoms with Crippen LogP contribution in [0, 0.1) is 0 Å². The van der Waals surface area contributed by atoms with Crippen molar-refractivity contribution in [1.29, 1.82) is 0 Å². The lowest BCUT2D eigenvalue weighted by Gasteiger charge is -2.32. The Hall–Kier alpha value is -0.160. The van der Waals surface area contributed by atoms with E-state index in [1.807, 2.05) is 13.8 Å². The van der Waals surface area contributed by atoms with Gasteiger partial charge in [0, 0.05) is 0 Å². The fourth-order valence-corrected chi connectivity index (χ4v) is 2.15. The Bertz CT molecular complexity index is 195. The van der Waals surface area contributed by atoms with E-state index in [1.54, 1.807) is 0 Å². The second-order valence-corrected chi connectivity index (χ2v) is 3.62. The van der Waals surface area contributed by atoms with Crippen LogP contribution in [0.3, 0.4) is 0 Å². The molecule has 0 radical (unpaired) electrons. The predicted molar refractivity (Wildman–Crippen MR) is 40.7 cm³/mol. The molecule has 2 fully saturated rings. The number of ether oxygens (including phenoxy) is 2. The van der Waals surface area contributed by atoms with E-state index in [0.717, 1.165) is 0 Å². The first kappa shape index (κ1) is 8.44. The number of aliphatic hydroxyl groups is 2. The summed E-state index contributed by atoms with van der Waals surface area (Å²) < 4.78 is 10.9. The van der Waals surface area contributed by atoms with Crippen molar-refractivity contribution in [3.8, 4) is 0 Å². The quantitative estimate of drug-likeness (QED) is 0.551. The van der Waals surface area contributed by atoms with Gasteiger partial charge in [-0.3, -0.25) is 0 Å². The smallest absolute Gasteiger partial charge is 0.146 e.